The van der Waals surface area contributed by atoms with Gasteiger partial charge in [0.15, 0.2) is 11.5 Å². The lowest BCUT2D eigenvalue weighted by atomic mass is 10.0. The third-order valence-corrected chi connectivity index (χ3v) is 2.62. The molecule has 0 aliphatic rings. The van der Waals surface area contributed by atoms with Gasteiger partial charge in [0, 0.05) is 6.42 Å². The molecule has 1 aromatic carbocycles. The largest absolute Gasteiger partial charge is 0.502 e. The minimum Gasteiger partial charge on any atom is -0.502 e. The Morgan fingerprint density at radius 1 is 1.06 bits per heavy atom. The van der Waals surface area contributed by atoms with Crippen LogP contribution in [-0.4, -0.2) is 53.5 Å². The summed E-state index contributed by atoms with van der Waals surface area (Å²) in [4.78, 5) is 0. The molecule has 0 saturated carbocycles. The molecule has 2 unspecified atom stereocenters. The molecule has 6 heteroatoms. The van der Waals surface area contributed by atoms with Gasteiger partial charge >= 0.3 is 0 Å². The molecule has 4 N–H and O–H groups in total. The van der Waals surface area contributed by atoms with Gasteiger partial charge in [-0.15, -0.1) is 0 Å². The molecule has 0 aromatic heterocycles. The summed E-state index contributed by atoms with van der Waals surface area (Å²) in [7, 11) is 2.80. The van der Waals surface area contributed by atoms with E-state index in [4.69, 9.17) is 14.6 Å². The number of phenols is 1. The van der Waals surface area contributed by atoms with Crippen LogP contribution in [0.1, 0.15) is 5.56 Å². The fourth-order valence-corrected chi connectivity index (χ4v) is 1.56. The maximum absolute atomic E-state index is 9.70. The van der Waals surface area contributed by atoms with E-state index in [-0.39, 0.29) is 23.7 Å². The quantitative estimate of drug-likeness (QED) is 0.557. The van der Waals surface area contributed by atoms with Crippen LogP contribution in [0.25, 0.3) is 0 Å². The van der Waals surface area contributed by atoms with Crippen LogP contribution >= 0.6 is 0 Å². The zero-order valence-corrected chi connectivity index (χ0v) is 10.3. The number of hydrogen-bond acceptors (Lipinski definition) is 6. The van der Waals surface area contributed by atoms with Crippen molar-refractivity contribution in [1.29, 1.82) is 0 Å². The SMILES string of the molecule is COc1cc(CC(O)C(O)CO)cc(OC)c1O. The Balaban J connectivity index is 2.96. The number of methoxy groups -OCH3 is 2. The van der Waals surface area contributed by atoms with Gasteiger partial charge in [-0.1, -0.05) is 0 Å². The summed E-state index contributed by atoms with van der Waals surface area (Å²) in [6.07, 6.45) is -2.21. The molecular weight excluding hydrogens is 240 g/mol. The Morgan fingerprint density at radius 3 is 1.94 bits per heavy atom. The molecule has 0 bridgehead atoms. The molecule has 0 spiro atoms. The van der Waals surface area contributed by atoms with Crippen molar-refractivity contribution in [2.24, 2.45) is 0 Å². The summed E-state index contributed by atoms with van der Waals surface area (Å²) in [6, 6.07) is 3.07. The number of ether oxygens (including phenoxy) is 2. The molecule has 2 atom stereocenters. The zero-order chi connectivity index (χ0) is 13.7. The van der Waals surface area contributed by atoms with Gasteiger partial charge in [-0.2, -0.15) is 0 Å². The topological polar surface area (TPSA) is 99.4 Å². The van der Waals surface area contributed by atoms with E-state index >= 15 is 0 Å². The molecule has 0 amide bonds. The molecule has 0 heterocycles. The first kappa shape index (κ1) is 14.6. The van der Waals surface area contributed by atoms with Crippen molar-refractivity contribution in [3.05, 3.63) is 17.7 Å². The molecule has 18 heavy (non-hydrogen) atoms. The van der Waals surface area contributed by atoms with Gasteiger partial charge in [0.2, 0.25) is 5.75 Å². The lowest BCUT2D eigenvalue weighted by Gasteiger charge is -2.17. The average Bonchev–Trinajstić information content (AvgIpc) is 2.39. The maximum Gasteiger partial charge on any atom is 0.200 e. The van der Waals surface area contributed by atoms with Crippen molar-refractivity contribution in [2.45, 2.75) is 18.6 Å². The Kier molecular flexibility index (Phi) is 5.21. The second kappa shape index (κ2) is 6.44. The van der Waals surface area contributed by atoms with Crippen LogP contribution in [-0.2, 0) is 6.42 Å². The first-order chi connectivity index (χ1) is 8.53. The van der Waals surface area contributed by atoms with Gasteiger partial charge in [-0.05, 0) is 17.7 Å². The summed E-state index contributed by atoms with van der Waals surface area (Å²) in [5.74, 6) is 0.311. The van der Waals surface area contributed by atoms with E-state index in [0.717, 1.165) is 0 Å². The fourth-order valence-electron chi connectivity index (χ4n) is 1.56. The molecule has 0 aliphatic heterocycles. The van der Waals surface area contributed by atoms with Crippen LogP contribution in [0.15, 0.2) is 12.1 Å². The van der Waals surface area contributed by atoms with Crippen LogP contribution < -0.4 is 9.47 Å². The summed E-state index contributed by atoms with van der Waals surface area (Å²) in [5, 5.41) is 37.3. The molecule has 0 aliphatic carbocycles. The molecule has 1 aromatic rings. The number of aromatic hydroxyl groups is 1. The number of rotatable bonds is 6. The fraction of sp³-hybridized carbons (Fsp3) is 0.500. The second-order valence-electron chi connectivity index (χ2n) is 3.87. The monoisotopic (exact) mass is 258 g/mol. The molecular formula is C12H18O6. The van der Waals surface area contributed by atoms with Gasteiger partial charge in [-0.25, -0.2) is 0 Å². The van der Waals surface area contributed by atoms with Crippen molar-refractivity contribution >= 4 is 0 Å². The minimum absolute atomic E-state index is 0.106. The normalized spacial score (nSPS) is 14.1. The molecule has 0 saturated heterocycles. The van der Waals surface area contributed by atoms with Gasteiger partial charge in [0.25, 0.3) is 0 Å². The van der Waals surface area contributed by atoms with Crippen molar-refractivity contribution < 1.29 is 29.9 Å². The number of aliphatic hydroxyl groups excluding tert-OH is 3. The van der Waals surface area contributed by atoms with Crippen molar-refractivity contribution in [3.63, 3.8) is 0 Å². The Morgan fingerprint density at radius 2 is 1.56 bits per heavy atom. The highest BCUT2D eigenvalue weighted by molar-refractivity contribution is 5.52. The highest BCUT2D eigenvalue weighted by Crippen LogP contribution is 2.37. The molecule has 0 fully saturated rings. The lowest BCUT2D eigenvalue weighted by Crippen LogP contribution is -2.31. The number of benzene rings is 1. The highest BCUT2D eigenvalue weighted by Gasteiger charge is 2.18. The predicted molar refractivity (Wildman–Crippen MR) is 64.0 cm³/mol. The standard InChI is InChI=1S/C12H18O6/c1-17-10-4-7(3-8(14)9(15)6-13)5-11(18-2)12(10)16/h4-5,8-9,13-16H,3,6H2,1-2H3. The van der Waals surface area contributed by atoms with E-state index in [2.05, 4.69) is 0 Å². The Labute approximate surface area is 105 Å². The van der Waals surface area contributed by atoms with Crippen molar-refractivity contribution in [3.8, 4) is 17.2 Å². The average molecular weight is 258 g/mol. The summed E-state index contributed by atoms with van der Waals surface area (Å²) in [5.41, 5.74) is 0.613. The van der Waals surface area contributed by atoms with Gasteiger partial charge in [-0.3, -0.25) is 0 Å². The van der Waals surface area contributed by atoms with Crippen molar-refractivity contribution in [2.75, 3.05) is 20.8 Å². The lowest BCUT2D eigenvalue weighted by molar-refractivity contribution is -0.0132. The van der Waals surface area contributed by atoms with E-state index < -0.39 is 18.8 Å². The maximum atomic E-state index is 9.70. The predicted octanol–water partition coefficient (Wildman–Crippen LogP) is -0.334. The molecule has 102 valence electrons. The minimum atomic E-state index is -1.21. The van der Waals surface area contributed by atoms with Gasteiger partial charge in [0.1, 0.15) is 6.10 Å². The van der Waals surface area contributed by atoms with Crippen molar-refractivity contribution in [1.82, 2.24) is 0 Å². The Bertz CT molecular complexity index is 367. The first-order valence-electron chi connectivity index (χ1n) is 5.44. The molecule has 0 radical (unpaired) electrons. The highest BCUT2D eigenvalue weighted by atomic mass is 16.5. The van der Waals surface area contributed by atoms with Crippen LogP contribution in [0, 0.1) is 0 Å². The number of phenolic OH excluding ortho intramolecular Hbond substituents is 1. The first-order valence-corrected chi connectivity index (χ1v) is 5.44. The number of hydrogen-bond donors (Lipinski definition) is 4. The summed E-state index contributed by atoms with van der Waals surface area (Å²) < 4.78 is 9.95. The van der Waals surface area contributed by atoms with Gasteiger partial charge in [0.05, 0.1) is 26.9 Å². The molecule has 1 rings (SSSR count). The summed E-state index contributed by atoms with van der Waals surface area (Å²) in [6.45, 7) is -0.520. The van der Waals surface area contributed by atoms with Crippen LogP contribution in [0.3, 0.4) is 0 Å². The van der Waals surface area contributed by atoms with Gasteiger partial charge < -0.3 is 29.9 Å². The Hall–Kier alpha value is -1.50. The molecule has 6 nitrogen and oxygen atoms in total. The second-order valence-corrected chi connectivity index (χ2v) is 3.87. The van der Waals surface area contributed by atoms with E-state index in [1.165, 1.54) is 26.4 Å². The third kappa shape index (κ3) is 3.25. The van der Waals surface area contributed by atoms with Crippen LogP contribution in [0.5, 0.6) is 17.2 Å². The van der Waals surface area contributed by atoms with Crippen LogP contribution in [0.4, 0.5) is 0 Å². The third-order valence-electron chi connectivity index (χ3n) is 2.62. The van der Waals surface area contributed by atoms with E-state index in [1.807, 2.05) is 0 Å². The van der Waals surface area contributed by atoms with E-state index in [9.17, 15) is 15.3 Å². The van der Waals surface area contributed by atoms with Crippen LogP contribution in [0.2, 0.25) is 0 Å². The zero-order valence-electron chi connectivity index (χ0n) is 10.3. The van der Waals surface area contributed by atoms with E-state index in [0.29, 0.717) is 5.56 Å². The summed E-state index contributed by atoms with van der Waals surface area (Å²) >= 11 is 0. The van der Waals surface area contributed by atoms with E-state index in [1.54, 1.807) is 0 Å². The smallest absolute Gasteiger partial charge is 0.200 e. The number of aliphatic hydroxyl groups is 3.